The Labute approximate surface area is 158 Å². The lowest BCUT2D eigenvalue weighted by Crippen LogP contribution is -2.55. The van der Waals surface area contributed by atoms with Gasteiger partial charge in [0.2, 0.25) is 0 Å². The van der Waals surface area contributed by atoms with Crippen LogP contribution in [0.5, 0.6) is 0 Å². The van der Waals surface area contributed by atoms with Crippen LogP contribution < -0.4 is 10.2 Å². The predicted molar refractivity (Wildman–Crippen MR) is 99.9 cm³/mol. The molecule has 2 fully saturated rings. The number of anilines is 1. The molecule has 0 radical (unpaired) electrons. The van der Waals surface area contributed by atoms with Crippen molar-refractivity contribution >= 4 is 27.4 Å². The highest BCUT2D eigenvalue weighted by atomic mass is 35.5. The highest BCUT2D eigenvalue weighted by molar-refractivity contribution is 7.86. The van der Waals surface area contributed by atoms with E-state index in [4.69, 9.17) is 15.8 Å². The van der Waals surface area contributed by atoms with Crippen molar-refractivity contribution < 1.29 is 12.6 Å². The van der Waals surface area contributed by atoms with Gasteiger partial charge in [0.1, 0.15) is 5.15 Å². The van der Waals surface area contributed by atoms with Gasteiger partial charge >= 0.3 is 0 Å². The lowest BCUT2D eigenvalue weighted by molar-refractivity contribution is 0.105. The van der Waals surface area contributed by atoms with Crippen LogP contribution in [0.2, 0.25) is 5.15 Å². The molecule has 0 spiro atoms. The van der Waals surface area contributed by atoms with Gasteiger partial charge in [-0.15, -0.1) is 0 Å². The molecule has 2 saturated heterocycles. The largest absolute Gasteiger partial charge is 0.339 e. The standard InChI is InChI=1S/C18H20ClN3O3S/c1-12-3-5-16(6-4-12)26(23,24)25-18-8-14(21-11-18)10-22(18)15-7-13(2)17(19)20-9-15/h3-7,9,14,21H,8,10-11H2,1-2H3/t14-,18-/m1/s1. The van der Waals surface area contributed by atoms with Crippen molar-refractivity contribution in [1.82, 2.24) is 10.3 Å². The molecule has 138 valence electrons. The number of benzene rings is 1. The third kappa shape index (κ3) is 2.99. The number of hydrogen-bond acceptors (Lipinski definition) is 6. The van der Waals surface area contributed by atoms with Gasteiger partial charge in [0, 0.05) is 25.6 Å². The fourth-order valence-corrected chi connectivity index (χ4v) is 4.95. The van der Waals surface area contributed by atoms with E-state index in [2.05, 4.69) is 10.3 Å². The van der Waals surface area contributed by atoms with Crippen LogP contribution in [-0.2, 0) is 14.3 Å². The summed E-state index contributed by atoms with van der Waals surface area (Å²) in [5.74, 6) is 0. The summed E-state index contributed by atoms with van der Waals surface area (Å²) < 4.78 is 31.5. The van der Waals surface area contributed by atoms with Gasteiger partial charge in [0.05, 0.1) is 16.8 Å². The highest BCUT2D eigenvalue weighted by Gasteiger charge is 2.54. The van der Waals surface area contributed by atoms with Crippen LogP contribution in [0.15, 0.2) is 41.4 Å². The number of pyridine rings is 1. The topological polar surface area (TPSA) is 71.5 Å². The molecule has 1 N–H and O–H groups in total. The van der Waals surface area contributed by atoms with Gasteiger partial charge in [-0.05, 0) is 37.6 Å². The first-order valence-corrected chi connectivity index (χ1v) is 10.2. The molecule has 1 aromatic carbocycles. The molecule has 2 aliphatic heterocycles. The van der Waals surface area contributed by atoms with Crippen LogP contribution in [0, 0.1) is 13.8 Å². The van der Waals surface area contributed by atoms with Crippen molar-refractivity contribution in [3.05, 3.63) is 52.8 Å². The van der Waals surface area contributed by atoms with Crippen LogP contribution in [0.3, 0.4) is 0 Å². The summed E-state index contributed by atoms with van der Waals surface area (Å²) in [5, 5.41) is 3.77. The Kier molecular flexibility index (Phi) is 4.23. The fraction of sp³-hybridized carbons (Fsp3) is 0.389. The molecule has 0 saturated carbocycles. The van der Waals surface area contributed by atoms with Crippen molar-refractivity contribution in [2.75, 3.05) is 18.0 Å². The Bertz CT molecular complexity index is 949. The van der Waals surface area contributed by atoms with Crippen molar-refractivity contribution in [1.29, 1.82) is 0 Å². The summed E-state index contributed by atoms with van der Waals surface area (Å²) in [7, 11) is -3.89. The van der Waals surface area contributed by atoms with Gasteiger partial charge < -0.3 is 10.2 Å². The van der Waals surface area contributed by atoms with Crippen LogP contribution >= 0.6 is 11.6 Å². The lowest BCUT2D eigenvalue weighted by atomic mass is 10.2. The molecule has 2 aromatic rings. The van der Waals surface area contributed by atoms with E-state index in [0.29, 0.717) is 24.7 Å². The van der Waals surface area contributed by atoms with Gasteiger partial charge in [-0.2, -0.15) is 8.42 Å². The summed E-state index contributed by atoms with van der Waals surface area (Å²) in [5.41, 5.74) is 1.71. The summed E-state index contributed by atoms with van der Waals surface area (Å²) in [6, 6.07) is 8.78. The van der Waals surface area contributed by atoms with Crippen LogP contribution in [0.1, 0.15) is 17.5 Å². The predicted octanol–water partition coefficient (Wildman–Crippen LogP) is 2.64. The zero-order valence-corrected chi connectivity index (χ0v) is 16.1. The van der Waals surface area contributed by atoms with Gasteiger partial charge in [-0.3, -0.25) is 0 Å². The number of rotatable bonds is 4. The van der Waals surface area contributed by atoms with Crippen molar-refractivity contribution in [2.24, 2.45) is 0 Å². The second-order valence-electron chi connectivity index (χ2n) is 6.99. The highest BCUT2D eigenvalue weighted by Crippen LogP contribution is 2.41. The normalized spacial score (nSPS) is 25.0. The molecule has 26 heavy (non-hydrogen) atoms. The number of nitrogens with zero attached hydrogens (tertiary/aromatic N) is 2. The summed E-state index contributed by atoms with van der Waals surface area (Å²) >= 11 is 6.03. The third-order valence-corrected chi connectivity index (χ3v) is 6.79. The molecule has 2 bridgehead atoms. The summed E-state index contributed by atoms with van der Waals surface area (Å²) in [4.78, 5) is 6.35. The zero-order chi connectivity index (χ0) is 18.5. The van der Waals surface area contributed by atoms with Gasteiger partial charge in [0.25, 0.3) is 10.1 Å². The maximum atomic E-state index is 12.9. The van der Waals surface area contributed by atoms with Crippen LogP contribution in [0.25, 0.3) is 0 Å². The van der Waals surface area contributed by atoms with Crippen molar-refractivity contribution in [3.63, 3.8) is 0 Å². The maximum absolute atomic E-state index is 12.9. The first-order chi connectivity index (χ1) is 12.3. The molecule has 1 aromatic heterocycles. The Morgan fingerprint density at radius 2 is 2.04 bits per heavy atom. The molecule has 3 heterocycles. The van der Waals surface area contributed by atoms with E-state index in [-0.39, 0.29) is 10.9 Å². The SMILES string of the molecule is Cc1ccc(S(=O)(=O)O[C@]23CN[C@@H](CN2c2cnc(Cl)c(C)c2)C3)cc1. The summed E-state index contributed by atoms with van der Waals surface area (Å²) in [6.07, 6.45) is 2.26. The van der Waals surface area contributed by atoms with Crippen molar-refractivity contribution in [3.8, 4) is 0 Å². The van der Waals surface area contributed by atoms with E-state index in [1.165, 1.54) is 0 Å². The molecule has 0 aliphatic carbocycles. The maximum Gasteiger partial charge on any atom is 0.299 e. The Hall–Kier alpha value is -1.67. The molecule has 2 atom stereocenters. The van der Waals surface area contributed by atoms with Crippen LogP contribution in [0.4, 0.5) is 5.69 Å². The Balaban J connectivity index is 1.68. The number of piperazine rings is 1. The first kappa shape index (κ1) is 17.7. The smallest absolute Gasteiger partial charge is 0.299 e. The first-order valence-electron chi connectivity index (χ1n) is 8.45. The van der Waals surface area contributed by atoms with E-state index in [1.807, 2.05) is 24.8 Å². The molecular formula is C18H20ClN3O3S. The molecule has 6 nitrogen and oxygen atoms in total. The van der Waals surface area contributed by atoms with Gasteiger partial charge in [-0.1, -0.05) is 29.3 Å². The van der Waals surface area contributed by atoms with Gasteiger partial charge in [0.15, 0.2) is 5.72 Å². The zero-order valence-electron chi connectivity index (χ0n) is 14.6. The molecular weight excluding hydrogens is 374 g/mol. The number of hydrogen-bond donors (Lipinski definition) is 1. The van der Waals surface area contributed by atoms with Gasteiger partial charge in [-0.25, -0.2) is 9.17 Å². The molecule has 0 amide bonds. The summed E-state index contributed by atoms with van der Waals surface area (Å²) in [6.45, 7) is 4.88. The minimum Gasteiger partial charge on any atom is -0.339 e. The Morgan fingerprint density at radius 3 is 2.69 bits per heavy atom. The third-order valence-electron chi connectivity index (χ3n) is 5.01. The average molecular weight is 394 g/mol. The van der Waals surface area contributed by atoms with E-state index in [0.717, 1.165) is 16.8 Å². The number of aryl methyl sites for hydroxylation is 2. The molecule has 0 unspecified atom stereocenters. The number of nitrogens with one attached hydrogen (secondary N) is 1. The lowest BCUT2D eigenvalue weighted by Gasteiger charge is -2.39. The van der Waals surface area contributed by atoms with Crippen molar-refractivity contribution in [2.45, 2.75) is 36.9 Å². The van der Waals surface area contributed by atoms with E-state index in [9.17, 15) is 8.42 Å². The second-order valence-corrected chi connectivity index (χ2v) is 8.89. The Morgan fingerprint density at radius 1 is 1.31 bits per heavy atom. The van der Waals surface area contributed by atoms with E-state index < -0.39 is 15.8 Å². The minimum atomic E-state index is -3.89. The number of aromatic nitrogens is 1. The average Bonchev–Trinajstić information content (AvgIpc) is 3.14. The minimum absolute atomic E-state index is 0.165. The quantitative estimate of drug-likeness (QED) is 0.636. The number of fused-ring (bicyclic) bond motifs is 2. The fourth-order valence-electron chi connectivity index (χ4n) is 3.65. The van der Waals surface area contributed by atoms with E-state index >= 15 is 0 Å². The molecule has 2 aliphatic rings. The van der Waals surface area contributed by atoms with E-state index in [1.54, 1.807) is 30.5 Å². The monoisotopic (exact) mass is 393 g/mol. The molecule has 8 heteroatoms. The second kappa shape index (κ2) is 6.20. The number of halogens is 1. The van der Waals surface area contributed by atoms with Crippen LogP contribution in [-0.4, -0.2) is 38.3 Å². The molecule has 4 rings (SSSR count).